The van der Waals surface area contributed by atoms with Gasteiger partial charge < -0.3 is 14.4 Å². The molecule has 160 valence electrons. The fourth-order valence-electron chi connectivity index (χ4n) is 5.00. The molecule has 2 atom stereocenters. The number of hydrogen-bond acceptors (Lipinski definition) is 6. The lowest BCUT2D eigenvalue weighted by Crippen LogP contribution is -2.64. The number of carbonyl (C=O) groups excluding carboxylic acids is 2. The molecule has 2 aromatic rings. The summed E-state index contributed by atoms with van der Waals surface area (Å²) < 4.78 is 10.9. The summed E-state index contributed by atoms with van der Waals surface area (Å²) in [6.45, 7) is 5.90. The first-order chi connectivity index (χ1) is 15.1. The number of ether oxygens (including phenoxy) is 2. The molecule has 7 heteroatoms. The summed E-state index contributed by atoms with van der Waals surface area (Å²) in [7, 11) is 0. The second kappa shape index (κ2) is 7.50. The van der Waals surface area contributed by atoms with E-state index in [9.17, 15) is 9.59 Å². The molecule has 31 heavy (non-hydrogen) atoms. The zero-order chi connectivity index (χ0) is 21.6. The van der Waals surface area contributed by atoms with Crippen LogP contribution in [0.3, 0.4) is 0 Å². The van der Waals surface area contributed by atoms with E-state index >= 15 is 0 Å². The fourth-order valence-corrected chi connectivity index (χ4v) is 5.00. The maximum absolute atomic E-state index is 13.9. The first-order valence-corrected chi connectivity index (χ1v) is 10.7. The summed E-state index contributed by atoms with van der Waals surface area (Å²) in [6.07, 6.45) is 0.597. The van der Waals surface area contributed by atoms with Gasteiger partial charge in [0.2, 0.25) is 0 Å². The summed E-state index contributed by atoms with van der Waals surface area (Å²) in [5, 5.41) is 6.17. The van der Waals surface area contributed by atoms with Crippen molar-refractivity contribution in [3.63, 3.8) is 0 Å². The second-order valence-corrected chi connectivity index (χ2v) is 8.13. The summed E-state index contributed by atoms with van der Waals surface area (Å²) in [5.41, 5.74) is 3.45. The van der Waals surface area contributed by atoms with E-state index < -0.39 is 5.41 Å². The quantitative estimate of drug-likeness (QED) is 0.715. The molecular formula is C24H25N3O4. The summed E-state index contributed by atoms with van der Waals surface area (Å²) in [5.74, 6) is -0.430. The standard InChI is InChI=1S/C24H25N3O4/c1-3-31-22(28)17-8-10-19(11-9-17)27-23(29)24(16(2)25-27)14-18-6-4-5-7-20(18)26-12-13-30-15-21(24)26/h4-11,21H,3,12-15H2,1-2H3/t21-,24+/m0/s1. The van der Waals surface area contributed by atoms with Crippen molar-refractivity contribution in [3.8, 4) is 0 Å². The molecule has 2 aromatic carbocycles. The maximum atomic E-state index is 13.9. The number of hydrazone groups is 1. The topological polar surface area (TPSA) is 71.4 Å². The Morgan fingerprint density at radius 2 is 2.00 bits per heavy atom. The van der Waals surface area contributed by atoms with Crippen LogP contribution in [0.5, 0.6) is 0 Å². The molecule has 0 bridgehead atoms. The van der Waals surface area contributed by atoms with Gasteiger partial charge >= 0.3 is 5.97 Å². The van der Waals surface area contributed by atoms with E-state index in [1.807, 2.05) is 19.1 Å². The van der Waals surface area contributed by atoms with Crippen molar-refractivity contribution in [2.24, 2.45) is 10.5 Å². The highest BCUT2D eigenvalue weighted by Gasteiger charge is 2.59. The van der Waals surface area contributed by atoms with E-state index in [-0.39, 0.29) is 17.9 Å². The zero-order valence-electron chi connectivity index (χ0n) is 17.7. The zero-order valence-corrected chi connectivity index (χ0v) is 17.7. The predicted octanol–water partition coefficient (Wildman–Crippen LogP) is 3.03. The van der Waals surface area contributed by atoms with Crippen LogP contribution in [-0.2, 0) is 20.7 Å². The number of amides is 1. The normalized spacial score (nSPS) is 24.6. The van der Waals surface area contributed by atoms with E-state index in [4.69, 9.17) is 14.6 Å². The minimum absolute atomic E-state index is 0.0520. The first kappa shape index (κ1) is 19.8. The number of para-hydroxylation sites is 1. The van der Waals surface area contributed by atoms with Crippen LogP contribution < -0.4 is 9.91 Å². The van der Waals surface area contributed by atoms with Crippen LogP contribution >= 0.6 is 0 Å². The molecular weight excluding hydrogens is 394 g/mol. The summed E-state index contributed by atoms with van der Waals surface area (Å²) in [4.78, 5) is 28.2. The van der Waals surface area contributed by atoms with E-state index in [1.54, 1.807) is 31.2 Å². The van der Waals surface area contributed by atoms with E-state index in [1.165, 1.54) is 10.7 Å². The lowest BCUT2D eigenvalue weighted by atomic mass is 9.68. The first-order valence-electron chi connectivity index (χ1n) is 10.7. The third-order valence-corrected chi connectivity index (χ3v) is 6.56. The van der Waals surface area contributed by atoms with Gasteiger partial charge in [-0.1, -0.05) is 18.2 Å². The Kier molecular flexibility index (Phi) is 4.78. The number of fused-ring (bicyclic) bond motifs is 4. The summed E-state index contributed by atoms with van der Waals surface area (Å²) in [6, 6.07) is 15.0. The molecule has 1 amide bonds. The smallest absolute Gasteiger partial charge is 0.338 e. The molecule has 1 fully saturated rings. The van der Waals surface area contributed by atoms with Crippen molar-refractivity contribution in [1.29, 1.82) is 0 Å². The molecule has 7 nitrogen and oxygen atoms in total. The highest BCUT2D eigenvalue weighted by atomic mass is 16.5. The Balaban J connectivity index is 1.51. The number of rotatable bonds is 3. The third kappa shape index (κ3) is 2.95. The molecule has 1 spiro atoms. The van der Waals surface area contributed by atoms with Crippen LogP contribution in [0.4, 0.5) is 11.4 Å². The third-order valence-electron chi connectivity index (χ3n) is 6.56. The Hall–Kier alpha value is -3.19. The van der Waals surface area contributed by atoms with Crippen molar-refractivity contribution in [1.82, 2.24) is 0 Å². The SMILES string of the molecule is CCOC(=O)c1ccc(N2N=C(C)[C@@]3(Cc4ccccc4N4CCOC[C@H]43)C2=O)cc1. The molecule has 0 aromatic heterocycles. The maximum Gasteiger partial charge on any atom is 0.338 e. The molecule has 1 saturated heterocycles. The van der Waals surface area contributed by atoms with Crippen LogP contribution in [0.15, 0.2) is 53.6 Å². The predicted molar refractivity (Wildman–Crippen MR) is 118 cm³/mol. The van der Waals surface area contributed by atoms with Gasteiger partial charge in [0, 0.05) is 12.2 Å². The van der Waals surface area contributed by atoms with Crippen molar-refractivity contribution in [2.45, 2.75) is 26.3 Å². The lowest BCUT2D eigenvalue weighted by Gasteiger charge is -2.50. The molecule has 0 unspecified atom stereocenters. The van der Waals surface area contributed by atoms with Crippen molar-refractivity contribution in [3.05, 3.63) is 59.7 Å². The van der Waals surface area contributed by atoms with E-state index in [0.29, 0.717) is 37.5 Å². The molecule has 0 saturated carbocycles. The van der Waals surface area contributed by atoms with Gasteiger partial charge in [0.1, 0.15) is 5.41 Å². The average molecular weight is 419 g/mol. The fraction of sp³-hybridized carbons (Fsp3) is 0.375. The van der Waals surface area contributed by atoms with Gasteiger partial charge in [-0.15, -0.1) is 0 Å². The molecule has 0 N–H and O–H groups in total. The van der Waals surface area contributed by atoms with Gasteiger partial charge in [0.05, 0.1) is 42.8 Å². The largest absolute Gasteiger partial charge is 0.462 e. The van der Waals surface area contributed by atoms with Crippen molar-refractivity contribution < 1.29 is 19.1 Å². The number of carbonyl (C=O) groups is 2. The number of benzene rings is 2. The van der Waals surface area contributed by atoms with Gasteiger partial charge in [0.15, 0.2) is 0 Å². The van der Waals surface area contributed by atoms with Crippen LogP contribution in [0.25, 0.3) is 0 Å². The lowest BCUT2D eigenvalue weighted by molar-refractivity contribution is -0.126. The van der Waals surface area contributed by atoms with Crippen molar-refractivity contribution in [2.75, 3.05) is 36.3 Å². The van der Waals surface area contributed by atoms with Gasteiger partial charge in [-0.2, -0.15) is 10.1 Å². The number of hydrogen-bond donors (Lipinski definition) is 0. The van der Waals surface area contributed by atoms with Gasteiger partial charge in [-0.3, -0.25) is 4.79 Å². The molecule has 0 radical (unpaired) electrons. The second-order valence-electron chi connectivity index (χ2n) is 8.13. The van der Waals surface area contributed by atoms with Gasteiger partial charge in [-0.25, -0.2) is 4.79 Å². The molecule has 3 aliphatic heterocycles. The van der Waals surface area contributed by atoms with E-state index in [0.717, 1.165) is 17.8 Å². The van der Waals surface area contributed by atoms with Crippen LogP contribution in [0, 0.1) is 5.41 Å². The monoisotopic (exact) mass is 419 g/mol. The van der Waals surface area contributed by atoms with Crippen LogP contribution in [0.1, 0.15) is 29.8 Å². The molecule has 0 aliphatic carbocycles. The number of esters is 1. The molecule has 5 rings (SSSR count). The number of nitrogens with zero attached hydrogens (tertiary/aromatic N) is 3. The summed E-state index contributed by atoms with van der Waals surface area (Å²) >= 11 is 0. The van der Waals surface area contributed by atoms with Crippen LogP contribution in [-0.4, -0.2) is 50.0 Å². The minimum atomic E-state index is -0.769. The molecule has 3 heterocycles. The van der Waals surface area contributed by atoms with Gasteiger partial charge in [-0.05, 0) is 56.2 Å². The minimum Gasteiger partial charge on any atom is -0.462 e. The van der Waals surface area contributed by atoms with E-state index in [2.05, 4.69) is 17.0 Å². The average Bonchev–Trinajstić information content (AvgIpc) is 3.05. The van der Waals surface area contributed by atoms with Crippen LogP contribution in [0.2, 0.25) is 0 Å². The number of morpholine rings is 1. The van der Waals surface area contributed by atoms with Crippen molar-refractivity contribution >= 4 is 29.0 Å². The van der Waals surface area contributed by atoms with Gasteiger partial charge in [0.25, 0.3) is 5.91 Å². The highest BCUT2D eigenvalue weighted by Crippen LogP contribution is 2.47. The Bertz CT molecular complexity index is 1060. The highest BCUT2D eigenvalue weighted by molar-refractivity contribution is 6.20. The Morgan fingerprint density at radius 1 is 1.23 bits per heavy atom. The Morgan fingerprint density at radius 3 is 2.77 bits per heavy atom. The number of anilines is 2. The Labute approximate surface area is 181 Å². The molecule has 3 aliphatic rings.